The van der Waals surface area contributed by atoms with Crippen LogP contribution in [0.25, 0.3) is 11.1 Å². The number of benzene rings is 2. The average Bonchev–Trinajstić information content (AvgIpc) is 3.00. The molecule has 1 fully saturated rings. The van der Waals surface area contributed by atoms with Gasteiger partial charge in [0.15, 0.2) is 6.10 Å². The molecule has 0 amide bonds. The van der Waals surface area contributed by atoms with Crippen LogP contribution in [0.1, 0.15) is 107 Å². The number of pyridine rings is 1. The zero-order valence-corrected chi connectivity index (χ0v) is 31.9. The van der Waals surface area contributed by atoms with Crippen LogP contribution in [0.4, 0.5) is 10.1 Å². The summed E-state index contributed by atoms with van der Waals surface area (Å²) >= 11 is 3.78. The first-order valence-electron chi connectivity index (χ1n) is 17.4. The zero-order valence-electron chi connectivity index (χ0n) is 30.3. The molecule has 0 aliphatic carbocycles. The second kappa shape index (κ2) is 14.6. The maximum atomic E-state index is 13.9. The van der Waals surface area contributed by atoms with Crippen LogP contribution in [-0.4, -0.2) is 47.2 Å². The Hall–Kier alpha value is -2.81. The number of fused-ring (bicyclic) bond motifs is 1. The van der Waals surface area contributed by atoms with Crippen LogP contribution in [-0.2, 0) is 39.1 Å². The van der Waals surface area contributed by atoms with Crippen molar-refractivity contribution in [2.45, 2.75) is 118 Å². The molecule has 2 aromatic carbocycles. The lowest BCUT2D eigenvalue weighted by molar-refractivity contribution is -0.171. The predicted molar refractivity (Wildman–Crippen MR) is 196 cm³/mol. The molecule has 0 unspecified atom stereocenters. The number of alkyl halides is 1. The third kappa shape index (κ3) is 8.48. The highest BCUT2D eigenvalue weighted by Gasteiger charge is 2.38. The molecule has 2 aliphatic rings. The number of hydrogen-bond donors (Lipinski definition) is 0. The Morgan fingerprint density at radius 1 is 1.04 bits per heavy atom. The van der Waals surface area contributed by atoms with Crippen molar-refractivity contribution in [3.8, 4) is 11.1 Å². The van der Waals surface area contributed by atoms with Crippen molar-refractivity contribution in [1.82, 2.24) is 9.88 Å². The number of carbonyl (C=O) groups is 1. The molecular formula is C40H53BrFN3O3. The first kappa shape index (κ1) is 36.5. The summed E-state index contributed by atoms with van der Waals surface area (Å²) < 4.78 is 26.2. The third-order valence-corrected chi connectivity index (χ3v) is 10.1. The van der Waals surface area contributed by atoms with E-state index >= 15 is 0 Å². The van der Waals surface area contributed by atoms with Gasteiger partial charge in [0.25, 0.3) is 0 Å². The summed E-state index contributed by atoms with van der Waals surface area (Å²) in [6.45, 7) is 22.6. The number of ether oxygens (including phenoxy) is 2. The molecule has 1 saturated heterocycles. The zero-order chi connectivity index (χ0) is 35.0. The first-order valence-corrected chi connectivity index (χ1v) is 18.5. The number of anilines is 1. The van der Waals surface area contributed by atoms with Gasteiger partial charge in [0.2, 0.25) is 0 Å². The quantitative estimate of drug-likeness (QED) is 0.162. The van der Waals surface area contributed by atoms with E-state index in [0.29, 0.717) is 5.33 Å². The Morgan fingerprint density at radius 3 is 2.38 bits per heavy atom. The second-order valence-corrected chi connectivity index (χ2v) is 16.2. The molecule has 3 heterocycles. The van der Waals surface area contributed by atoms with Crippen molar-refractivity contribution < 1.29 is 18.7 Å². The molecule has 1 atom stereocenters. The third-order valence-electron chi connectivity index (χ3n) is 9.62. The second-order valence-electron chi connectivity index (χ2n) is 15.7. The van der Waals surface area contributed by atoms with E-state index in [1.54, 1.807) is 12.1 Å². The maximum absolute atomic E-state index is 13.9. The number of aryl methyl sites for hydroxylation is 2. The van der Waals surface area contributed by atoms with Gasteiger partial charge in [0.1, 0.15) is 5.82 Å². The number of halogens is 2. The first-order chi connectivity index (χ1) is 22.5. The van der Waals surface area contributed by atoms with Gasteiger partial charge in [-0.25, -0.2) is 9.18 Å². The monoisotopic (exact) mass is 721 g/mol. The van der Waals surface area contributed by atoms with Crippen molar-refractivity contribution >= 4 is 27.6 Å². The van der Waals surface area contributed by atoms with Crippen molar-refractivity contribution in [1.29, 1.82) is 0 Å². The van der Waals surface area contributed by atoms with E-state index < -0.39 is 11.7 Å². The fraction of sp³-hybridized carbons (Fsp3) is 0.550. The summed E-state index contributed by atoms with van der Waals surface area (Å²) in [5.41, 5.74) is 10.2. The number of piperidine rings is 1. The van der Waals surface area contributed by atoms with Gasteiger partial charge in [0, 0.05) is 54.9 Å². The van der Waals surface area contributed by atoms with Crippen LogP contribution in [0.2, 0.25) is 0 Å². The summed E-state index contributed by atoms with van der Waals surface area (Å²) in [6, 6.07) is 11.9. The van der Waals surface area contributed by atoms with Gasteiger partial charge in [-0.1, -0.05) is 54.0 Å². The highest BCUT2D eigenvalue weighted by atomic mass is 79.9. The Balaban J connectivity index is 1.61. The number of esters is 1. The Labute approximate surface area is 295 Å². The number of rotatable bonds is 9. The van der Waals surface area contributed by atoms with Gasteiger partial charge < -0.3 is 14.4 Å². The normalized spacial score (nSPS) is 17.4. The van der Waals surface area contributed by atoms with Gasteiger partial charge in [-0.2, -0.15) is 0 Å². The average molecular weight is 723 g/mol. The Bertz CT molecular complexity index is 1640. The van der Waals surface area contributed by atoms with Gasteiger partial charge in [-0.05, 0) is 113 Å². The van der Waals surface area contributed by atoms with Crippen LogP contribution in [0.5, 0.6) is 0 Å². The topological polar surface area (TPSA) is 54.9 Å². The van der Waals surface area contributed by atoms with Crippen LogP contribution < -0.4 is 4.90 Å². The highest BCUT2D eigenvalue weighted by molar-refractivity contribution is 9.08. The van der Waals surface area contributed by atoms with Gasteiger partial charge in [-0.3, -0.25) is 9.88 Å². The standard InChI is InChI=1S/C40H53BrFN3O3/c1-25(2)47-38(46)37(48-39(5,6)7)34-27(4)43-33(22-41)35(36(34)45-18-15-40(8,9)16-19-45)29-10-11-31-24-44(17-14-28(31)21-29)23-30-12-13-32(42)20-26(30)3/h10-13,20-21,25,37H,14-19,22-24H2,1-9H3/t37-/m0/s1. The van der Waals surface area contributed by atoms with E-state index in [4.69, 9.17) is 14.5 Å². The molecule has 48 heavy (non-hydrogen) atoms. The van der Waals surface area contributed by atoms with Crippen LogP contribution in [0.3, 0.4) is 0 Å². The summed E-state index contributed by atoms with van der Waals surface area (Å²) in [5.74, 6) is -0.576. The van der Waals surface area contributed by atoms with Crippen molar-refractivity contribution in [2.75, 3.05) is 24.5 Å². The van der Waals surface area contributed by atoms with E-state index in [0.717, 1.165) is 96.9 Å². The molecule has 8 heteroatoms. The van der Waals surface area contributed by atoms with Crippen LogP contribution >= 0.6 is 15.9 Å². The Morgan fingerprint density at radius 2 is 1.75 bits per heavy atom. The largest absolute Gasteiger partial charge is 0.461 e. The predicted octanol–water partition coefficient (Wildman–Crippen LogP) is 9.39. The molecule has 6 nitrogen and oxygen atoms in total. The van der Waals surface area contributed by atoms with Crippen molar-refractivity contribution in [2.24, 2.45) is 5.41 Å². The Kier molecular flexibility index (Phi) is 11.1. The molecule has 0 N–H and O–H groups in total. The van der Waals surface area contributed by atoms with E-state index in [2.05, 4.69) is 57.8 Å². The van der Waals surface area contributed by atoms with E-state index in [1.165, 1.54) is 11.1 Å². The number of nitrogens with zero attached hydrogens (tertiary/aromatic N) is 3. The minimum Gasteiger partial charge on any atom is -0.461 e. The molecular weight excluding hydrogens is 669 g/mol. The summed E-state index contributed by atoms with van der Waals surface area (Å²) in [5, 5.41) is 0.582. The highest BCUT2D eigenvalue weighted by Crippen LogP contribution is 2.46. The van der Waals surface area contributed by atoms with Gasteiger partial charge >= 0.3 is 5.97 Å². The minimum absolute atomic E-state index is 0.190. The lowest BCUT2D eigenvalue weighted by Crippen LogP contribution is -2.39. The van der Waals surface area contributed by atoms with Gasteiger partial charge in [-0.15, -0.1) is 0 Å². The fourth-order valence-corrected chi connectivity index (χ4v) is 7.40. The maximum Gasteiger partial charge on any atom is 0.340 e. The van der Waals surface area contributed by atoms with Crippen LogP contribution in [0.15, 0.2) is 36.4 Å². The molecule has 0 spiro atoms. The van der Waals surface area contributed by atoms with E-state index in [1.807, 2.05) is 54.5 Å². The van der Waals surface area contributed by atoms with E-state index in [-0.39, 0.29) is 23.3 Å². The van der Waals surface area contributed by atoms with Gasteiger partial charge in [0.05, 0.1) is 23.1 Å². The SMILES string of the molecule is Cc1cc(F)ccc1CN1CCc2cc(-c3c(CBr)nc(C)c([C@H](OC(C)(C)C)C(=O)OC(C)C)c3N3CCC(C)(C)CC3)ccc2C1. The van der Waals surface area contributed by atoms with Crippen molar-refractivity contribution in [3.63, 3.8) is 0 Å². The lowest BCUT2D eigenvalue weighted by Gasteiger charge is -2.41. The molecule has 0 saturated carbocycles. The summed E-state index contributed by atoms with van der Waals surface area (Å²) in [6.07, 6.45) is 1.82. The lowest BCUT2D eigenvalue weighted by atomic mass is 9.81. The molecule has 2 aliphatic heterocycles. The fourth-order valence-electron chi connectivity index (χ4n) is 6.99. The number of aromatic nitrogens is 1. The molecule has 0 bridgehead atoms. The van der Waals surface area contributed by atoms with E-state index in [9.17, 15) is 9.18 Å². The minimum atomic E-state index is -0.922. The smallest absolute Gasteiger partial charge is 0.340 e. The molecule has 5 rings (SSSR count). The number of carbonyl (C=O) groups excluding carboxylic acids is 1. The van der Waals surface area contributed by atoms with Crippen molar-refractivity contribution in [3.05, 3.63) is 81.4 Å². The molecule has 0 radical (unpaired) electrons. The number of hydrogen-bond acceptors (Lipinski definition) is 6. The molecule has 260 valence electrons. The summed E-state index contributed by atoms with van der Waals surface area (Å²) in [7, 11) is 0. The summed E-state index contributed by atoms with van der Waals surface area (Å²) in [4.78, 5) is 23.9. The molecule has 1 aromatic heterocycles. The molecule has 3 aromatic rings. The van der Waals surface area contributed by atoms with Crippen LogP contribution in [0, 0.1) is 25.1 Å².